The number of nitrogens with zero attached hydrogens (tertiary/aromatic N) is 2. The van der Waals surface area contributed by atoms with Gasteiger partial charge in [0.2, 0.25) is 0 Å². The largest absolute Gasteiger partial charge is 0.379 e. The smallest absolute Gasteiger partial charge is 0.299 e. The van der Waals surface area contributed by atoms with Gasteiger partial charge in [-0.1, -0.05) is 0 Å². The van der Waals surface area contributed by atoms with Gasteiger partial charge in [-0.2, -0.15) is 0 Å². The summed E-state index contributed by atoms with van der Waals surface area (Å²) in [7, 11) is 1.81. The number of nitro groups is 2. The van der Waals surface area contributed by atoms with Gasteiger partial charge in [0.1, 0.15) is 5.69 Å². The molecular weight excluding hydrogens is 240 g/mol. The van der Waals surface area contributed by atoms with Crippen molar-refractivity contribution < 1.29 is 9.85 Å². The molecule has 8 nitrogen and oxygen atoms in total. The summed E-state index contributed by atoms with van der Waals surface area (Å²) in [5.74, 6) is 0. The van der Waals surface area contributed by atoms with Crippen molar-refractivity contribution >= 4 is 17.1 Å². The Kier molecular flexibility index (Phi) is 5.00. The Bertz CT molecular complexity index is 450. The van der Waals surface area contributed by atoms with Gasteiger partial charge in [0.25, 0.3) is 11.4 Å². The van der Waals surface area contributed by atoms with E-state index in [1.807, 2.05) is 7.05 Å². The van der Waals surface area contributed by atoms with E-state index in [9.17, 15) is 20.2 Å². The second-order valence-corrected chi connectivity index (χ2v) is 3.60. The average molecular weight is 254 g/mol. The first-order valence-electron chi connectivity index (χ1n) is 5.37. The lowest BCUT2D eigenvalue weighted by Gasteiger charge is -2.06. The van der Waals surface area contributed by atoms with Gasteiger partial charge in [-0.15, -0.1) is 0 Å². The summed E-state index contributed by atoms with van der Waals surface area (Å²) in [5, 5.41) is 27.2. The second-order valence-electron chi connectivity index (χ2n) is 3.60. The molecule has 8 heteroatoms. The van der Waals surface area contributed by atoms with Crippen LogP contribution in [0.25, 0.3) is 0 Å². The quantitative estimate of drug-likeness (QED) is 0.433. The molecule has 0 aromatic heterocycles. The summed E-state index contributed by atoms with van der Waals surface area (Å²) in [6.45, 7) is 1.34. The first-order valence-corrected chi connectivity index (χ1v) is 5.37. The van der Waals surface area contributed by atoms with Crippen molar-refractivity contribution in [3.63, 3.8) is 0 Å². The summed E-state index contributed by atoms with van der Waals surface area (Å²) in [6.07, 6.45) is 0.796. The van der Waals surface area contributed by atoms with Gasteiger partial charge in [-0.3, -0.25) is 20.2 Å². The van der Waals surface area contributed by atoms with E-state index in [1.165, 1.54) is 12.1 Å². The molecule has 1 aromatic rings. The highest BCUT2D eigenvalue weighted by Gasteiger charge is 2.18. The highest BCUT2D eigenvalue weighted by molar-refractivity contribution is 5.65. The standard InChI is InChI=1S/C10H14N4O4/c1-11-5-2-6-12-9-4-3-8(13(15)16)7-10(9)14(17)18/h3-4,7,11-12H,2,5-6H2,1H3. The van der Waals surface area contributed by atoms with Crippen molar-refractivity contribution in [2.24, 2.45) is 0 Å². The zero-order valence-electron chi connectivity index (χ0n) is 9.88. The lowest BCUT2D eigenvalue weighted by molar-refractivity contribution is -0.393. The molecule has 0 radical (unpaired) electrons. The normalized spacial score (nSPS) is 10.1. The van der Waals surface area contributed by atoms with Crippen molar-refractivity contribution in [3.05, 3.63) is 38.4 Å². The molecule has 0 aliphatic carbocycles. The molecule has 0 heterocycles. The third-order valence-corrected chi connectivity index (χ3v) is 2.31. The second kappa shape index (κ2) is 6.50. The number of non-ortho nitro benzene ring substituents is 1. The van der Waals surface area contributed by atoms with Crippen LogP contribution in [-0.4, -0.2) is 30.0 Å². The van der Waals surface area contributed by atoms with Crippen LogP contribution >= 0.6 is 0 Å². The molecule has 2 N–H and O–H groups in total. The van der Waals surface area contributed by atoms with Crippen molar-refractivity contribution in [2.75, 3.05) is 25.5 Å². The monoisotopic (exact) mass is 254 g/mol. The first-order chi connectivity index (χ1) is 8.56. The van der Waals surface area contributed by atoms with Crippen molar-refractivity contribution in [1.29, 1.82) is 0 Å². The van der Waals surface area contributed by atoms with Crippen LogP contribution < -0.4 is 10.6 Å². The number of hydrogen-bond acceptors (Lipinski definition) is 6. The van der Waals surface area contributed by atoms with Gasteiger partial charge in [0.05, 0.1) is 15.9 Å². The molecular formula is C10H14N4O4. The molecule has 1 rings (SSSR count). The SMILES string of the molecule is CNCCCNc1ccc([N+](=O)[O-])cc1[N+](=O)[O-]. The Morgan fingerprint density at radius 3 is 2.44 bits per heavy atom. The summed E-state index contributed by atoms with van der Waals surface area (Å²) < 4.78 is 0. The van der Waals surface area contributed by atoms with Crippen LogP contribution in [0.5, 0.6) is 0 Å². The van der Waals surface area contributed by atoms with Gasteiger partial charge in [0, 0.05) is 12.6 Å². The molecule has 0 aliphatic heterocycles. The van der Waals surface area contributed by atoms with Gasteiger partial charge in [0.15, 0.2) is 0 Å². The molecule has 0 saturated carbocycles. The molecule has 98 valence electrons. The lowest BCUT2D eigenvalue weighted by Crippen LogP contribution is -2.13. The van der Waals surface area contributed by atoms with Crippen molar-refractivity contribution in [3.8, 4) is 0 Å². The number of hydrogen-bond donors (Lipinski definition) is 2. The maximum atomic E-state index is 10.8. The van der Waals surface area contributed by atoms with Crippen molar-refractivity contribution in [1.82, 2.24) is 5.32 Å². The molecule has 0 bridgehead atoms. The molecule has 0 atom stereocenters. The summed E-state index contributed by atoms with van der Waals surface area (Å²) in [5.41, 5.74) is -0.280. The minimum Gasteiger partial charge on any atom is -0.379 e. The molecule has 0 fully saturated rings. The van der Waals surface area contributed by atoms with E-state index < -0.39 is 9.85 Å². The van der Waals surface area contributed by atoms with Crippen LogP contribution in [0.1, 0.15) is 6.42 Å². The molecule has 0 spiro atoms. The number of rotatable bonds is 7. The van der Waals surface area contributed by atoms with Gasteiger partial charge < -0.3 is 10.6 Å². The molecule has 0 unspecified atom stereocenters. The van der Waals surface area contributed by atoms with Gasteiger partial charge in [-0.05, 0) is 26.1 Å². The van der Waals surface area contributed by atoms with E-state index in [-0.39, 0.29) is 11.4 Å². The average Bonchev–Trinajstić information content (AvgIpc) is 2.34. The molecule has 1 aromatic carbocycles. The highest BCUT2D eigenvalue weighted by Crippen LogP contribution is 2.28. The van der Waals surface area contributed by atoms with E-state index in [4.69, 9.17) is 0 Å². The fourth-order valence-electron chi connectivity index (χ4n) is 1.42. The van der Waals surface area contributed by atoms with E-state index in [1.54, 1.807) is 0 Å². The highest BCUT2D eigenvalue weighted by atomic mass is 16.6. The van der Waals surface area contributed by atoms with Crippen LogP contribution in [0.2, 0.25) is 0 Å². The summed E-state index contributed by atoms with van der Waals surface area (Å²) >= 11 is 0. The fraction of sp³-hybridized carbons (Fsp3) is 0.400. The Balaban J connectivity index is 2.83. The third-order valence-electron chi connectivity index (χ3n) is 2.31. The van der Waals surface area contributed by atoms with Crippen LogP contribution in [0.3, 0.4) is 0 Å². The minimum atomic E-state index is -0.655. The first kappa shape index (κ1) is 13.8. The Morgan fingerprint density at radius 1 is 1.17 bits per heavy atom. The van der Waals surface area contributed by atoms with E-state index in [2.05, 4.69) is 10.6 Å². The van der Waals surface area contributed by atoms with Gasteiger partial charge >= 0.3 is 0 Å². The van der Waals surface area contributed by atoms with Crippen LogP contribution in [0, 0.1) is 20.2 Å². The lowest BCUT2D eigenvalue weighted by atomic mass is 10.2. The Labute approximate surface area is 103 Å². The number of benzene rings is 1. The Hall–Kier alpha value is -2.22. The fourth-order valence-corrected chi connectivity index (χ4v) is 1.42. The van der Waals surface area contributed by atoms with Crippen LogP contribution in [0.15, 0.2) is 18.2 Å². The van der Waals surface area contributed by atoms with Crippen molar-refractivity contribution in [2.45, 2.75) is 6.42 Å². The Morgan fingerprint density at radius 2 is 1.89 bits per heavy atom. The summed E-state index contributed by atoms with van der Waals surface area (Å²) in [6, 6.07) is 3.56. The topological polar surface area (TPSA) is 110 Å². The zero-order chi connectivity index (χ0) is 13.5. The number of nitrogens with one attached hydrogen (secondary N) is 2. The number of anilines is 1. The molecule has 18 heavy (non-hydrogen) atoms. The molecule has 0 aliphatic rings. The molecule has 0 saturated heterocycles. The van der Waals surface area contributed by atoms with Crippen LogP contribution in [-0.2, 0) is 0 Å². The maximum absolute atomic E-state index is 10.8. The third kappa shape index (κ3) is 3.67. The van der Waals surface area contributed by atoms with Crippen LogP contribution in [0.4, 0.5) is 17.1 Å². The van der Waals surface area contributed by atoms with Gasteiger partial charge in [-0.25, -0.2) is 0 Å². The molecule has 0 amide bonds. The van der Waals surface area contributed by atoms with E-state index in [0.29, 0.717) is 12.2 Å². The zero-order valence-corrected chi connectivity index (χ0v) is 9.88. The van der Waals surface area contributed by atoms with E-state index >= 15 is 0 Å². The predicted molar refractivity (Wildman–Crippen MR) is 66.8 cm³/mol. The summed E-state index contributed by atoms with van der Waals surface area (Å²) in [4.78, 5) is 20.1. The minimum absolute atomic E-state index is 0.284. The number of nitro benzene ring substituents is 2. The van der Waals surface area contributed by atoms with E-state index in [0.717, 1.165) is 19.0 Å². The maximum Gasteiger partial charge on any atom is 0.299 e. The predicted octanol–water partition coefficient (Wildman–Crippen LogP) is 1.52.